The minimum atomic E-state index is -5.39. The summed E-state index contributed by atoms with van der Waals surface area (Å²) >= 11 is 0. The van der Waals surface area contributed by atoms with Crippen molar-refractivity contribution in [3.63, 3.8) is 0 Å². The Morgan fingerprint density at radius 1 is 0.409 bits per heavy atom. The lowest BCUT2D eigenvalue weighted by Gasteiger charge is -2.37. The second kappa shape index (κ2) is 24.6. The molecule has 0 aromatic rings. The van der Waals surface area contributed by atoms with Gasteiger partial charge < -0.3 is 32.7 Å². The van der Waals surface area contributed by atoms with Crippen molar-refractivity contribution in [2.45, 2.75) is 83.1 Å². The normalized spacial score (nSPS) is 11.4. The van der Waals surface area contributed by atoms with Crippen molar-refractivity contribution < 1.29 is 32.7 Å². The Morgan fingerprint density at radius 3 is 0.545 bits per heavy atom. The van der Waals surface area contributed by atoms with Crippen molar-refractivity contribution in [3.8, 4) is 0 Å². The van der Waals surface area contributed by atoms with E-state index in [0.717, 1.165) is 92.0 Å². The second-order valence-electron chi connectivity index (χ2n) is 13.1. The highest BCUT2D eigenvalue weighted by Gasteiger charge is 2.24. The maximum atomic E-state index is 8.55. The van der Waals surface area contributed by atoms with Crippen molar-refractivity contribution in [2.75, 3.05) is 78.5 Å². The van der Waals surface area contributed by atoms with Gasteiger partial charge in [0, 0.05) is 0 Å². The Labute approximate surface area is 274 Å². The lowest BCUT2D eigenvalue weighted by molar-refractivity contribution is -0.916. The number of hydrogen-bond donors (Lipinski definition) is 0. The Bertz CT molecular complexity index is 770. The van der Waals surface area contributed by atoms with Crippen LogP contribution in [0, 0.1) is 0 Å². The molecule has 0 saturated carbocycles. The van der Waals surface area contributed by atoms with Gasteiger partial charge in [0.2, 0.25) is 0 Å². The third-order valence-corrected chi connectivity index (χ3v) is 7.66. The van der Waals surface area contributed by atoms with E-state index in [0.29, 0.717) is 0 Å². The average molecular weight is 642 g/mol. The quantitative estimate of drug-likeness (QED) is 0.102. The largest absolute Gasteiger partial charge is 0.822 e. The summed E-state index contributed by atoms with van der Waals surface area (Å²) in [6.45, 7) is 63.6. The van der Waals surface area contributed by atoms with Gasteiger partial charge in [-0.2, -0.15) is 7.82 Å². The number of quaternary nitrogens is 3. The van der Waals surface area contributed by atoms with E-state index in [-0.39, 0.29) is 0 Å². The molecule has 44 heavy (non-hydrogen) atoms. The third-order valence-electron chi connectivity index (χ3n) is 7.66. The number of phosphoric acid groups is 1. The van der Waals surface area contributed by atoms with Crippen LogP contribution in [-0.2, 0) is 4.57 Å². The van der Waals surface area contributed by atoms with Crippen molar-refractivity contribution in [1.82, 2.24) is 0 Å². The van der Waals surface area contributed by atoms with Gasteiger partial charge in [-0.1, -0.05) is 39.5 Å². The number of hydrogen-bond acceptors (Lipinski definition) is 4. The first-order chi connectivity index (χ1) is 19.9. The summed E-state index contributed by atoms with van der Waals surface area (Å²) in [5, 5.41) is 0. The Hall–Kier alpha value is -1.57. The molecule has 7 nitrogen and oxygen atoms in total. The predicted molar refractivity (Wildman–Crippen MR) is 190 cm³/mol. The molecule has 0 unspecified atom stereocenters. The lowest BCUT2D eigenvalue weighted by atomic mass is 10.2. The molecule has 0 fully saturated rings. The summed E-state index contributed by atoms with van der Waals surface area (Å²) in [4.78, 5) is 25.6. The molecule has 0 saturated heterocycles. The number of likely N-dealkylation sites (N-methyl/N-ethyl adjacent to an activating group) is 3. The van der Waals surface area contributed by atoms with E-state index in [1.807, 2.05) is 0 Å². The second-order valence-corrected chi connectivity index (χ2v) is 14.0. The molecule has 0 aromatic heterocycles. The Kier molecular flexibility index (Phi) is 27.6. The van der Waals surface area contributed by atoms with Gasteiger partial charge in [-0.3, -0.25) is 0 Å². The van der Waals surface area contributed by atoms with Gasteiger partial charge in [0.25, 0.3) is 0 Å². The summed E-state index contributed by atoms with van der Waals surface area (Å²) in [5.41, 5.74) is 7.61. The predicted octanol–water partition coefficient (Wildman–Crippen LogP) is 6.16. The maximum absolute atomic E-state index is 8.55. The van der Waals surface area contributed by atoms with E-state index in [1.165, 1.54) is 33.4 Å². The van der Waals surface area contributed by atoms with E-state index in [2.05, 4.69) is 123 Å². The molecule has 0 amide bonds. The molecule has 0 radical (unpaired) electrons. The van der Waals surface area contributed by atoms with Crippen LogP contribution in [0.4, 0.5) is 0 Å². The van der Waals surface area contributed by atoms with Crippen LogP contribution in [0.3, 0.4) is 0 Å². The van der Waals surface area contributed by atoms with Crippen LogP contribution < -0.4 is 14.7 Å². The van der Waals surface area contributed by atoms with Gasteiger partial charge in [-0.15, -0.1) is 0 Å². The highest BCUT2D eigenvalue weighted by molar-refractivity contribution is 7.40. The minimum absolute atomic E-state index is 1.08. The van der Waals surface area contributed by atoms with Gasteiger partial charge in [-0.25, -0.2) is 0 Å². The molecule has 0 atom stereocenters. The van der Waals surface area contributed by atoms with E-state index in [1.54, 1.807) is 0 Å². The summed E-state index contributed by atoms with van der Waals surface area (Å²) < 4.78 is 11.9. The monoisotopic (exact) mass is 642 g/mol. The van der Waals surface area contributed by atoms with Crippen LogP contribution in [0.1, 0.15) is 83.1 Å². The minimum Gasteiger partial charge on any atom is -0.822 e. The third kappa shape index (κ3) is 29.2. The van der Waals surface area contributed by atoms with Crippen LogP contribution in [0.5, 0.6) is 0 Å². The highest BCUT2D eigenvalue weighted by Crippen LogP contribution is 2.14. The molecule has 0 aromatic carbocycles. The Morgan fingerprint density at radius 2 is 0.500 bits per heavy atom. The summed E-state index contributed by atoms with van der Waals surface area (Å²) in [6.07, 6.45) is 0. The van der Waals surface area contributed by atoms with Crippen molar-refractivity contribution in [1.29, 1.82) is 0 Å². The molecule has 0 aliphatic rings. The van der Waals surface area contributed by atoms with Gasteiger partial charge in [-0.05, 0) is 117 Å². The van der Waals surface area contributed by atoms with Gasteiger partial charge in [0.15, 0.2) is 0 Å². The van der Waals surface area contributed by atoms with E-state index in [9.17, 15) is 0 Å². The molecule has 0 heterocycles. The summed E-state index contributed by atoms with van der Waals surface area (Å²) in [5.74, 6) is 0. The fourth-order valence-electron chi connectivity index (χ4n) is 5.62. The lowest BCUT2D eigenvalue weighted by Crippen LogP contribution is -2.49. The zero-order valence-corrected chi connectivity index (χ0v) is 32.0. The average Bonchev–Trinajstić information content (AvgIpc) is 2.85. The van der Waals surface area contributed by atoms with Crippen molar-refractivity contribution >= 4 is 7.82 Å². The zero-order chi connectivity index (χ0) is 35.9. The molecule has 0 spiro atoms. The topological polar surface area (TPSA) is 86.2 Å². The highest BCUT2D eigenvalue weighted by atomic mass is 31.2. The SMILES string of the molecule is C=C(C)C[N+](CC)(CC)CC(=C)C.C=C(C)C[N+](CC)(CC)CC(=C)C.C=C(C)C[N+](CC)(CC)CC(=C)C.O=P([O-])([O-])[O-]. The van der Waals surface area contributed by atoms with Crippen LogP contribution in [0.15, 0.2) is 72.9 Å². The number of nitrogens with zero attached hydrogens (tertiary/aromatic N) is 3. The fourth-order valence-corrected chi connectivity index (χ4v) is 5.62. The summed E-state index contributed by atoms with van der Waals surface area (Å²) in [7, 11) is -5.39. The van der Waals surface area contributed by atoms with Crippen LogP contribution in [-0.4, -0.2) is 92.0 Å². The molecule has 260 valence electrons. The molecule has 0 N–H and O–H groups in total. The molecule has 0 bridgehead atoms. The number of rotatable bonds is 18. The van der Waals surface area contributed by atoms with E-state index < -0.39 is 7.82 Å². The molecule has 0 aliphatic heterocycles. The Balaban J connectivity index is -0.000000253. The van der Waals surface area contributed by atoms with E-state index >= 15 is 0 Å². The van der Waals surface area contributed by atoms with Crippen molar-refractivity contribution in [2.24, 2.45) is 0 Å². The maximum Gasteiger partial charge on any atom is 0.1000 e. The van der Waals surface area contributed by atoms with Crippen LogP contribution >= 0.6 is 7.82 Å². The zero-order valence-electron chi connectivity index (χ0n) is 31.1. The standard InChI is InChI=1S/3C12H24N.H3O4P/c3*1-7-13(8-2,9-11(3)4)10-12(5)6;1-5(2,3)4/h3*3,5,7-10H2,1-2,4,6H3;(H3,1,2,3,4)/q3*+1;/p-3. The first-order valence-corrected chi connectivity index (χ1v) is 17.5. The summed E-state index contributed by atoms with van der Waals surface area (Å²) in [6, 6.07) is 0. The van der Waals surface area contributed by atoms with Crippen molar-refractivity contribution in [3.05, 3.63) is 72.9 Å². The molecule has 0 rings (SSSR count). The smallest absolute Gasteiger partial charge is 0.1000 e. The molecular formula is C36H72N3O4P. The van der Waals surface area contributed by atoms with Crippen LogP contribution in [0.25, 0.3) is 0 Å². The molecule has 8 heteroatoms. The van der Waals surface area contributed by atoms with Gasteiger partial charge >= 0.3 is 0 Å². The fraction of sp³-hybridized carbons (Fsp3) is 0.667. The van der Waals surface area contributed by atoms with Gasteiger partial charge in [0.1, 0.15) is 0 Å². The van der Waals surface area contributed by atoms with Crippen LogP contribution in [0.2, 0.25) is 0 Å². The molecular weight excluding hydrogens is 569 g/mol. The molecule has 0 aliphatic carbocycles. The van der Waals surface area contributed by atoms with E-state index in [4.69, 9.17) is 19.2 Å². The first-order valence-electron chi connectivity index (χ1n) is 16.0. The van der Waals surface area contributed by atoms with Gasteiger partial charge in [0.05, 0.1) is 78.5 Å². The first kappa shape index (κ1) is 49.3.